The summed E-state index contributed by atoms with van der Waals surface area (Å²) in [6.45, 7) is 2.83. The lowest BCUT2D eigenvalue weighted by atomic mass is 10.0. The molecule has 2 amide bonds. The summed E-state index contributed by atoms with van der Waals surface area (Å²) in [7, 11) is 0. The molecule has 0 unspecified atom stereocenters. The Morgan fingerprint density at radius 3 is 2.70 bits per heavy atom. The van der Waals surface area contributed by atoms with Gasteiger partial charge in [-0.1, -0.05) is 47.5 Å². The molecule has 5 heteroatoms. The number of carbonyl (C=O) groups excluding carboxylic acids is 2. The molecule has 136 valence electrons. The predicted octanol–water partition coefficient (Wildman–Crippen LogP) is 5.61. The maximum atomic E-state index is 12.8. The zero-order chi connectivity index (χ0) is 19.0. The van der Waals surface area contributed by atoms with E-state index in [1.165, 1.54) is 0 Å². The molecule has 3 aromatic carbocycles. The lowest BCUT2D eigenvalue weighted by Gasteiger charge is -2.17. The number of benzene rings is 3. The van der Waals surface area contributed by atoms with Crippen molar-refractivity contribution in [3.8, 4) is 0 Å². The predicted molar refractivity (Wildman–Crippen MR) is 113 cm³/mol. The van der Waals surface area contributed by atoms with E-state index in [0.29, 0.717) is 23.4 Å². The highest BCUT2D eigenvalue weighted by molar-refractivity contribution is 9.10. The van der Waals surface area contributed by atoms with Gasteiger partial charge in [0.1, 0.15) is 0 Å². The lowest BCUT2D eigenvalue weighted by Crippen LogP contribution is -2.27. The smallest absolute Gasteiger partial charge is 0.258 e. The molecule has 27 heavy (non-hydrogen) atoms. The second-order valence-electron chi connectivity index (χ2n) is 6.64. The molecule has 3 aromatic rings. The van der Waals surface area contributed by atoms with E-state index in [2.05, 4.69) is 28.2 Å². The Labute approximate surface area is 166 Å². The average Bonchev–Trinajstić information content (AvgIpc) is 2.95. The first-order valence-corrected chi connectivity index (χ1v) is 9.84. The third kappa shape index (κ3) is 3.12. The van der Waals surface area contributed by atoms with E-state index in [1.54, 1.807) is 12.1 Å². The highest BCUT2D eigenvalue weighted by atomic mass is 79.9. The van der Waals surface area contributed by atoms with Crippen molar-refractivity contribution in [2.45, 2.75) is 19.8 Å². The fraction of sp³-hybridized carbons (Fsp3) is 0.182. The number of hydrogen-bond acceptors (Lipinski definition) is 2. The maximum Gasteiger partial charge on any atom is 0.258 e. The minimum absolute atomic E-state index is 0.0412. The Morgan fingerprint density at radius 1 is 1.11 bits per heavy atom. The highest BCUT2D eigenvalue weighted by Crippen LogP contribution is 2.40. The minimum Gasteiger partial charge on any atom is -0.321 e. The molecule has 1 N–H and O–H groups in total. The van der Waals surface area contributed by atoms with Gasteiger partial charge in [-0.15, -0.1) is 0 Å². The van der Waals surface area contributed by atoms with Crippen molar-refractivity contribution in [3.63, 3.8) is 0 Å². The summed E-state index contributed by atoms with van der Waals surface area (Å²) >= 11 is 3.39. The van der Waals surface area contributed by atoms with Gasteiger partial charge in [0.15, 0.2) is 0 Å². The lowest BCUT2D eigenvalue weighted by molar-refractivity contribution is 0.0991. The third-order valence-electron chi connectivity index (χ3n) is 4.86. The van der Waals surface area contributed by atoms with Crippen molar-refractivity contribution in [1.29, 1.82) is 0 Å². The van der Waals surface area contributed by atoms with E-state index >= 15 is 0 Å². The number of amides is 2. The van der Waals surface area contributed by atoms with E-state index in [-0.39, 0.29) is 11.8 Å². The Kier molecular flexibility index (Phi) is 4.70. The Morgan fingerprint density at radius 2 is 1.93 bits per heavy atom. The van der Waals surface area contributed by atoms with Gasteiger partial charge in [-0.2, -0.15) is 0 Å². The quantitative estimate of drug-likeness (QED) is 0.580. The molecule has 4 nitrogen and oxygen atoms in total. The number of unbranched alkanes of at least 4 members (excludes halogenated alkanes) is 1. The standard InChI is InChI=1S/C22H19BrN2O2/c1-2-3-12-25-19-11-10-18(16-8-5-9-17(20(16)19)22(25)27)24-21(26)14-6-4-7-15(23)13-14/h4-11,13H,2-3,12H2,1H3,(H,24,26). The van der Waals surface area contributed by atoms with Crippen LogP contribution in [0.4, 0.5) is 11.4 Å². The zero-order valence-corrected chi connectivity index (χ0v) is 16.5. The van der Waals surface area contributed by atoms with E-state index in [0.717, 1.165) is 33.8 Å². The maximum absolute atomic E-state index is 12.8. The molecule has 1 aliphatic rings. The number of nitrogens with one attached hydrogen (secondary N) is 1. The van der Waals surface area contributed by atoms with Crippen molar-refractivity contribution in [2.24, 2.45) is 0 Å². The van der Waals surface area contributed by atoms with E-state index in [4.69, 9.17) is 0 Å². The number of hydrogen-bond donors (Lipinski definition) is 1. The molecule has 0 radical (unpaired) electrons. The molecule has 1 aliphatic heterocycles. The van der Waals surface area contributed by atoms with Crippen molar-refractivity contribution in [1.82, 2.24) is 0 Å². The van der Waals surface area contributed by atoms with E-state index in [1.807, 2.05) is 47.4 Å². The normalized spacial score (nSPS) is 12.7. The summed E-state index contributed by atoms with van der Waals surface area (Å²) in [4.78, 5) is 27.3. The molecule has 4 rings (SSSR count). The summed E-state index contributed by atoms with van der Waals surface area (Å²) in [6.07, 6.45) is 1.99. The van der Waals surface area contributed by atoms with Crippen LogP contribution in [0.15, 0.2) is 59.1 Å². The second kappa shape index (κ2) is 7.16. The van der Waals surface area contributed by atoms with Gasteiger partial charge < -0.3 is 10.2 Å². The van der Waals surface area contributed by atoms with Crippen LogP contribution in [0.25, 0.3) is 10.8 Å². The van der Waals surface area contributed by atoms with E-state index < -0.39 is 0 Å². The minimum atomic E-state index is -0.177. The first-order chi connectivity index (χ1) is 13.1. The average molecular weight is 423 g/mol. The Balaban J connectivity index is 1.74. The molecule has 0 aromatic heterocycles. The van der Waals surface area contributed by atoms with Gasteiger partial charge >= 0.3 is 0 Å². The van der Waals surface area contributed by atoms with Gasteiger partial charge in [0.25, 0.3) is 11.8 Å². The van der Waals surface area contributed by atoms with Crippen LogP contribution in [0.5, 0.6) is 0 Å². The van der Waals surface area contributed by atoms with Crippen molar-refractivity contribution < 1.29 is 9.59 Å². The zero-order valence-electron chi connectivity index (χ0n) is 15.0. The van der Waals surface area contributed by atoms with Crippen LogP contribution in [0.1, 0.15) is 40.5 Å². The van der Waals surface area contributed by atoms with Gasteiger partial charge in [0.05, 0.1) is 5.69 Å². The molecular formula is C22H19BrN2O2. The summed E-state index contributed by atoms with van der Waals surface area (Å²) in [6, 6.07) is 16.8. The van der Waals surface area contributed by atoms with E-state index in [9.17, 15) is 9.59 Å². The number of carbonyl (C=O) groups is 2. The van der Waals surface area contributed by atoms with Gasteiger partial charge in [-0.25, -0.2) is 0 Å². The van der Waals surface area contributed by atoms with Gasteiger partial charge in [0.2, 0.25) is 0 Å². The number of rotatable bonds is 5. The molecule has 0 spiro atoms. The Hall–Kier alpha value is -2.66. The van der Waals surface area contributed by atoms with Crippen LogP contribution in [-0.2, 0) is 0 Å². The fourth-order valence-electron chi connectivity index (χ4n) is 3.52. The summed E-state index contributed by atoms with van der Waals surface area (Å²) in [5.74, 6) is -0.135. The summed E-state index contributed by atoms with van der Waals surface area (Å²) in [5.41, 5.74) is 2.93. The first-order valence-electron chi connectivity index (χ1n) is 9.04. The molecular weight excluding hydrogens is 404 g/mol. The summed E-state index contributed by atoms with van der Waals surface area (Å²) in [5, 5.41) is 4.81. The summed E-state index contributed by atoms with van der Waals surface area (Å²) < 4.78 is 0.854. The topological polar surface area (TPSA) is 49.4 Å². The number of nitrogens with zero attached hydrogens (tertiary/aromatic N) is 1. The number of halogens is 1. The van der Waals surface area contributed by atoms with Crippen molar-refractivity contribution in [3.05, 3.63) is 70.2 Å². The molecule has 0 saturated carbocycles. The molecule has 0 fully saturated rings. The van der Waals surface area contributed by atoms with Crippen LogP contribution < -0.4 is 10.2 Å². The van der Waals surface area contributed by atoms with Gasteiger partial charge in [0, 0.05) is 38.6 Å². The monoisotopic (exact) mass is 422 g/mol. The van der Waals surface area contributed by atoms with Gasteiger partial charge in [-0.05, 0) is 42.8 Å². The number of anilines is 2. The van der Waals surface area contributed by atoms with Gasteiger partial charge in [-0.3, -0.25) is 9.59 Å². The van der Waals surface area contributed by atoms with Crippen LogP contribution in [-0.4, -0.2) is 18.4 Å². The fourth-order valence-corrected chi connectivity index (χ4v) is 3.92. The van der Waals surface area contributed by atoms with Crippen molar-refractivity contribution >= 4 is 49.9 Å². The van der Waals surface area contributed by atoms with Crippen LogP contribution in [0.3, 0.4) is 0 Å². The molecule has 1 heterocycles. The largest absolute Gasteiger partial charge is 0.321 e. The van der Waals surface area contributed by atoms with Crippen LogP contribution in [0.2, 0.25) is 0 Å². The first kappa shape index (κ1) is 17.7. The molecule has 0 atom stereocenters. The second-order valence-corrected chi connectivity index (χ2v) is 7.55. The molecule has 0 saturated heterocycles. The van der Waals surface area contributed by atoms with Crippen LogP contribution in [0, 0.1) is 0 Å². The molecule has 0 bridgehead atoms. The Bertz CT molecular complexity index is 1060. The SMILES string of the molecule is CCCCN1C(=O)c2cccc3c(NC(=O)c4cccc(Br)c4)ccc1c23. The highest BCUT2D eigenvalue weighted by Gasteiger charge is 2.30. The third-order valence-corrected chi connectivity index (χ3v) is 5.35. The van der Waals surface area contributed by atoms with Crippen molar-refractivity contribution in [2.75, 3.05) is 16.8 Å². The van der Waals surface area contributed by atoms with Crippen LogP contribution >= 0.6 is 15.9 Å². The molecule has 0 aliphatic carbocycles.